The number of anilines is 1. The molecule has 37 heavy (non-hydrogen) atoms. The third-order valence-electron chi connectivity index (χ3n) is 6.26. The fourth-order valence-corrected chi connectivity index (χ4v) is 5.75. The number of hydrogen-bond acceptors (Lipinski definition) is 7. The van der Waals surface area contributed by atoms with Crippen LogP contribution in [0.2, 0.25) is 0 Å². The van der Waals surface area contributed by atoms with Gasteiger partial charge in [-0.2, -0.15) is 0 Å². The van der Waals surface area contributed by atoms with Gasteiger partial charge in [0, 0.05) is 5.56 Å². The van der Waals surface area contributed by atoms with Crippen molar-refractivity contribution in [2.75, 3.05) is 11.5 Å². The third-order valence-corrected chi connectivity index (χ3v) is 7.26. The van der Waals surface area contributed by atoms with Crippen LogP contribution in [0.4, 0.5) is 5.13 Å². The second-order valence-corrected chi connectivity index (χ2v) is 10.1. The van der Waals surface area contributed by atoms with E-state index in [1.54, 1.807) is 36.4 Å². The Balaban J connectivity index is 1.67. The van der Waals surface area contributed by atoms with Crippen LogP contribution in [-0.4, -0.2) is 33.5 Å². The summed E-state index contributed by atoms with van der Waals surface area (Å²) in [6.45, 7) is 6.51. The summed E-state index contributed by atoms with van der Waals surface area (Å²) in [4.78, 5) is 32.9. The molecule has 0 radical (unpaired) electrons. The maximum absolute atomic E-state index is 13.4. The van der Waals surface area contributed by atoms with Gasteiger partial charge in [0.2, 0.25) is 0 Å². The van der Waals surface area contributed by atoms with Crippen LogP contribution in [0.5, 0.6) is 11.5 Å². The van der Waals surface area contributed by atoms with Crippen molar-refractivity contribution in [3.05, 3.63) is 88.5 Å². The Hall–Kier alpha value is -4.17. The quantitative estimate of drug-likeness (QED) is 0.185. The summed E-state index contributed by atoms with van der Waals surface area (Å²) in [6, 6.07) is 16.1. The number of benzene rings is 3. The maximum atomic E-state index is 13.4. The number of hydrogen-bond donors (Lipinski definition) is 2. The first kappa shape index (κ1) is 24.5. The summed E-state index contributed by atoms with van der Waals surface area (Å²) in [5.41, 5.74) is 3.58. The lowest BCUT2D eigenvalue weighted by atomic mass is 9.95. The number of rotatable bonds is 6. The average molecular weight is 515 g/mol. The van der Waals surface area contributed by atoms with Crippen molar-refractivity contribution < 1.29 is 24.5 Å². The van der Waals surface area contributed by atoms with Crippen LogP contribution in [0.25, 0.3) is 16.0 Å². The number of ether oxygens (including phenoxy) is 1. The first-order chi connectivity index (χ1) is 17.8. The molecule has 7 nitrogen and oxygen atoms in total. The van der Waals surface area contributed by atoms with E-state index >= 15 is 0 Å². The Morgan fingerprint density at radius 3 is 2.54 bits per heavy atom. The minimum atomic E-state index is -0.968. The molecular formula is C29H26N2O5S. The number of phenolic OH excluding ortho intramolecular Hbond substituents is 1. The lowest BCUT2D eigenvalue weighted by Crippen LogP contribution is -2.29. The number of aliphatic hydroxyl groups is 1. The first-order valence-electron chi connectivity index (χ1n) is 12.0. The number of Topliss-reactive ketones (excluding diaryl/α,β-unsaturated/α-hetero) is 1. The van der Waals surface area contributed by atoms with Crippen molar-refractivity contribution in [1.82, 2.24) is 4.98 Å². The van der Waals surface area contributed by atoms with Gasteiger partial charge in [-0.3, -0.25) is 14.5 Å². The van der Waals surface area contributed by atoms with Crippen molar-refractivity contribution >= 4 is 44.1 Å². The zero-order valence-electron chi connectivity index (χ0n) is 20.7. The Morgan fingerprint density at radius 2 is 1.84 bits per heavy atom. The molecule has 5 rings (SSSR count). The van der Waals surface area contributed by atoms with E-state index in [0.29, 0.717) is 28.6 Å². The zero-order valence-corrected chi connectivity index (χ0v) is 21.5. The highest BCUT2D eigenvalue weighted by Gasteiger charge is 2.48. The predicted octanol–water partition coefficient (Wildman–Crippen LogP) is 6.03. The summed E-state index contributed by atoms with van der Waals surface area (Å²) in [6.07, 6.45) is 0.861. The molecule has 1 fully saturated rings. The summed E-state index contributed by atoms with van der Waals surface area (Å²) >= 11 is 1.31. The van der Waals surface area contributed by atoms with Crippen molar-refractivity contribution in [3.8, 4) is 11.5 Å². The van der Waals surface area contributed by atoms with Gasteiger partial charge < -0.3 is 14.9 Å². The number of aromatic hydroxyl groups is 1. The van der Waals surface area contributed by atoms with E-state index in [4.69, 9.17) is 9.72 Å². The van der Waals surface area contributed by atoms with Crippen LogP contribution >= 0.6 is 11.3 Å². The smallest absolute Gasteiger partial charge is 0.301 e. The number of carbonyl (C=O) groups is 2. The monoisotopic (exact) mass is 514 g/mol. The van der Waals surface area contributed by atoms with Crippen LogP contribution < -0.4 is 9.64 Å². The van der Waals surface area contributed by atoms with Gasteiger partial charge in [0.05, 0.1) is 28.4 Å². The van der Waals surface area contributed by atoms with E-state index in [9.17, 15) is 19.8 Å². The number of aryl methyl sites for hydroxylation is 2. The van der Waals surface area contributed by atoms with Crippen molar-refractivity contribution in [3.63, 3.8) is 0 Å². The topological polar surface area (TPSA) is 100.0 Å². The molecule has 0 aliphatic carbocycles. The first-order valence-corrected chi connectivity index (χ1v) is 12.8. The third kappa shape index (κ3) is 4.44. The molecule has 1 atom stereocenters. The number of thiazole rings is 1. The van der Waals surface area contributed by atoms with Gasteiger partial charge in [0.25, 0.3) is 5.78 Å². The van der Waals surface area contributed by atoms with E-state index in [-0.39, 0.29) is 17.1 Å². The van der Waals surface area contributed by atoms with E-state index < -0.39 is 17.7 Å². The van der Waals surface area contributed by atoms with Crippen LogP contribution in [0.3, 0.4) is 0 Å². The highest BCUT2D eigenvalue weighted by molar-refractivity contribution is 7.22. The van der Waals surface area contributed by atoms with Crippen LogP contribution in [-0.2, 0) is 9.59 Å². The van der Waals surface area contributed by atoms with E-state index in [2.05, 4.69) is 0 Å². The van der Waals surface area contributed by atoms with E-state index in [1.165, 1.54) is 28.4 Å². The number of carbonyl (C=O) groups excluding carboxylic acids is 2. The molecule has 188 valence electrons. The number of aliphatic hydroxyl groups excluding tert-OH is 1. The largest absolute Gasteiger partial charge is 0.508 e. The van der Waals surface area contributed by atoms with Gasteiger partial charge in [0.1, 0.15) is 17.3 Å². The fourth-order valence-electron chi connectivity index (χ4n) is 4.59. The normalized spacial score (nSPS) is 17.1. The molecule has 1 amide bonds. The molecule has 1 saturated heterocycles. The Bertz CT molecular complexity index is 1550. The molecule has 0 spiro atoms. The second kappa shape index (κ2) is 9.71. The van der Waals surface area contributed by atoms with Crippen molar-refractivity contribution in [1.29, 1.82) is 0 Å². The average Bonchev–Trinajstić information content (AvgIpc) is 3.41. The van der Waals surface area contributed by atoms with Gasteiger partial charge in [-0.05, 0) is 79.4 Å². The summed E-state index contributed by atoms with van der Waals surface area (Å²) in [7, 11) is 0. The SMILES string of the molecule is CCCOc1ccc(/C(O)=C2\C(=O)C(=O)N(c3nc4c(C)cc(C)cc4s3)C2c2cccc(O)c2)cc1. The minimum Gasteiger partial charge on any atom is -0.508 e. The molecule has 8 heteroatoms. The highest BCUT2D eigenvalue weighted by atomic mass is 32.1. The van der Waals surface area contributed by atoms with E-state index in [1.807, 2.05) is 32.9 Å². The molecule has 1 aliphatic rings. The Morgan fingerprint density at radius 1 is 1.08 bits per heavy atom. The molecule has 4 aromatic rings. The van der Waals surface area contributed by atoms with Crippen LogP contribution in [0.15, 0.2) is 66.2 Å². The predicted molar refractivity (Wildman–Crippen MR) is 144 cm³/mol. The minimum absolute atomic E-state index is 0.0173. The van der Waals surface area contributed by atoms with E-state index in [0.717, 1.165) is 27.8 Å². The Labute approximate surface area is 218 Å². The van der Waals surface area contributed by atoms with Crippen LogP contribution in [0, 0.1) is 13.8 Å². The molecule has 1 aromatic heterocycles. The highest BCUT2D eigenvalue weighted by Crippen LogP contribution is 2.45. The number of amides is 1. The lowest BCUT2D eigenvalue weighted by Gasteiger charge is -2.23. The molecule has 1 aliphatic heterocycles. The van der Waals surface area contributed by atoms with Gasteiger partial charge in [0.15, 0.2) is 5.13 Å². The number of phenols is 1. The summed E-state index contributed by atoms with van der Waals surface area (Å²) in [5.74, 6) is -1.28. The number of fused-ring (bicyclic) bond motifs is 1. The Kier molecular flexibility index (Phi) is 6.43. The second-order valence-electron chi connectivity index (χ2n) is 9.06. The molecule has 2 N–H and O–H groups in total. The number of nitrogens with zero attached hydrogens (tertiary/aromatic N) is 2. The lowest BCUT2D eigenvalue weighted by molar-refractivity contribution is -0.132. The van der Waals surface area contributed by atoms with Gasteiger partial charge in [-0.1, -0.05) is 36.5 Å². The molecule has 3 aromatic carbocycles. The summed E-state index contributed by atoms with van der Waals surface area (Å²) < 4.78 is 6.51. The van der Waals surface area contributed by atoms with Crippen molar-refractivity contribution in [2.24, 2.45) is 0 Å². The van der Waals surface area contributed by atoms with Gasteiger partial charge >= 0.3 is 5.91 Å². The molecule has 1 unspecified atom stereocenters. The van der Waals surface area contributed by atoms with Gasteiger partial charge in [-0.15, -0.1) is 0 Å². The standard InChI is InChI=1S/C29H26N2O5S/c1-4-12-36-21-10-8-18(9-11-21)26(33)23-25(19-6-5-7-20(32)15-19)31(28(35)27(23)34)29-30-24-17(3)13-16(2)14-22(24)37-29/h5-11,13-15,25,32-33H,4,12H2,1-3H3/b26-23+. The van der Waals surface area contributed by atoms with Crippen LogP contribution in [0.1, 0.15) is 41.6 Å². The number of aromatic nitrogens is 1. The number of ketones is 1. The molecule has 0 bridgehead atoms. The molecular weight excluding hydrogens is 488 g/mol. The van der Waals surface area contributed by atoms with Gasteiger partial charge in [-0.25, -0.2) is 4.98 Å². The van der Waals surface area contributed by atoms with Crippen molar-refractivity contribution in [2.45, 2.75) is 33.2 Å². The fraction of sp³-hybridized carbons (Fsp3) is 0.207. The maximum Gasteiger partial charge on any atom is 0.301 e. The molecule has 2 heterocycles. The molecule has 0 saturated carbocycles. The zero-order chi connectivity index (χ0) is 26.3. The summed E-state index contributed by atoms with van der Waals surface area (Å²) in [5, 5.41) is 21.9.